The Bertz CT molecular complexity index is 666. The molecule has 0 fully saturated rings. The molecule has 2 aromatic rings. The normalized spacial score (nSPS) is 12.7. The Morgan fingerprint density at radius 3 is 2.79 bits per heavy atom. The average molecular weight is 259 g/mol. The number of rotatable bonds is 2. The molecular weight excluding hydrogens is 246 g/mol. The molecule has 0 bridgehead atoms. The topological polar surface area (TPSA) is 57.7 Å². The van der Waals surface area contributed by atoms with E-state index in [0.29, 0.717) is 29.4 Å². The van der Waals surface area contributed by atoms with Crippen molar-refractivity contribution < 1.29 is 19.0 Å². The van der Waals surface area contributed by atoms with Crippen molar-refractivity contribution in [3.05, 3.63) is 29.5 Å². The largest absolute Gasteiger partial charge is 0.462 e. The van der Waals surface area contributed by atoms with Crippen LogP contribution in [-0.2, 0) is 4.74 Å². The lowest BCUT2D eigenvalue weighted by molar-refractivity contribution is 0.0525. The quantitative estimate of drug-likeness (QED) is 0.775. The molecule has 3 rings (SSSR count). The van der Waals surface area contributed by atoms with Gasteiger partial charge in [-0.15, -0.1) is 0 Å². The highest BCUT2D eigenvalue weighted by molar-refractivity contribution is 5.95. The average Bonchev–Trinajstić information content (AvgIpc) is 2.82. The molecule has 98 valence electrons. The molecule has 0 aliphatic carbocycles. The van der Waals surface area contributed by atoms with Gasteiger partial charge < -0.3 is 14.2 Å². The number of carbonyl (C=O) groups is 1. The van der Waals surface area contributed by atoms with Crippen molar-refractivity contribution in [3.63, 3.8) is 0 Å². The van der Waals surface area contributed by atoms with E-state index in [0.717, 1.165) is 10.9 Å². The number of benzene rings is 1. The van der Waals surface area contributed by atoms with E-state index in [2.05, 4.69) is 4.98 Å². The summed E-state index contributed by atoms with van der Waals surface area (Å²) in [4.78, 5) is 16.2. The molecule has 5 nitrogen and oxygen atoms in total. The van der Waals surface area contributed by atoms with Gasteiger partial charge in [0, 0.05) is 11.5 Å². The van der Waals surface area contributed by atoms with Crippen LogP contribution < -0.4 is 9.47 Å². The molecule has 0 amide bonds. The molecule has 0 saturated heterocycles. The third kappa shape index (κ3) is 1.97. The summed E-state index contributed by atoms with van der Waals surface area (Å²) in [7, 11) is 0. The number of fused-ring (bicyclic) bond motifs is 2. The van der Waals surface area contributed by atoms with Crippen molar-refractivity contribution in [1.82, 2.24) is 4.98 Å². The number of aryl methyl sites for hydroxylation is 1. The van der Waals surface area contributed by atoms with E-state index < -0.39 is 0 Å². The van der Waals surface area contributed by atoms with Crippen molar-refractivity contribution in [3.8, 4) is 11.5 Å². The molecule has 1 aliphatic rings. The van der Waals surface area contributed by atoms with Crippen LogP contribution in [0.4, 0.5) is 0 Å². The van der Waals surface area contributed by atoms with Gasteiger partial charge in [0.15, 0.2) is 11.5 Å². The van der Waals surface area contributed by atoms with Crippen molar-refractivity contribution in [2.75, 3.05) is 13.4 Å². The lowest BCUT2D eigenvalue weighted by atomic mass is 10.1. The molecule has 5 heteroatoms. The second kappa shape index (κ2) is 4.42. The number of pyridine rings is 1. The summed E-state index contributed by atoms with van der Waals surface area (Å²) in [5, 5.41) is 0.831. The van der Waals surface area contributed by atoms with Crippen LogP contribution >= 0.6 is 0 Å². The van der Waals surface area contributed by atoms with Crippen LogP contribution in [0.3, 0.4) is 0 Å². The minimum atomic E-state index is -0.355. The Balaban J connectivity index is 2.14. The van der Waals surface area contributed by atoms with Gasteiger partial charge in [-0.1, -0.05) is 0 Å². The fourth-order valence-corrected chi connectivity index (χ4v) is 2.08. The standard InChI is InChI=1S/C14H13NO4/c1-3-17-14(16)10-4-9-5-12-13(19-7-18-12)6-11(9)15-8(10)2/h4-6H,3,7H2,1-2H3. The first kappa shape index (κ1) is 11.8. The number of esters is 1. The maximum absolute atomic E-state index is 11.8. The summed E-state index contributed by atoms with van der Waals surface area (Å²) in [6.45, 7) is 4.13. The molecule has 1 aromatic carbocycles. The summed E-state index contributed by atoms with van der Waals surface area (Å²) in [6.07, 6.45) is 0. The Morgan fingerprint density at radius 1 is 1.32 bits per heavy atom. The third-order valence-electron chi connectivity index (χ3n) is 3.00. The molecular formula is C14H13NO4. The van der Waals surface area contributed by atoms with Crippen LogP contribution in [0.5, 0.6) is 11.5 Å². The smallest absolute Gasteiger partial charge is 0.339 e. The highest BCUT2D eigenvalue weighted by atomic mass is 16.7. The number of hydrogen-bond donors (Lipinski definition) is 0. The molecule has 0 radical (unpaired) electrons. The Morgan fingerprint density at radius 2 is 2.05 bits per heavy atom. The maximum atomic E-state index is 11.8. The van der Waals surface area contributed by atoms with Crippen LogP contribution in [0, 0.1) is 6.92 Å². The predicted octanol–water partition coefficient (Wildman–Crippen LogP) is 2.45. The molecule has 0 unspecified atom stereocenters. The number of nitrogens with zero attached hydrogens (tertiary/aromatic N) is 1. The summed E-state index contributed by atoms with van der Waals surface area (Å²) < 4.78 is 15.6. The lowest BCUT2D eigenvalue weighted by Gasteiger charge is -2.07. The zero-order valence-electron chi connectivity index (χ0n) is 10.7. The summed E-state index contributed by atoms with van der Waals surface area (Å²) in [5.74, 6) is 1.00. The van der Waals surface area contributed by atoms with E-state index in [1.807, 2.05) is 12.1 Å². The monoisotopic (exact) mass is 259 g/mol. The molecule has 0 spiro atoms. The second-order valence-corrected chi connectivity index (χ2v) is 4.24. The van der Waals surface area contributed by atoms with Gasteiger partial charge >= 0.3 is 5.97 Å². The van der Waals surface area contributed by atoms with Gasteiger partial charge in [0.05, 0.1) is 23.4 Å². The third-order valence-corrected chi connectivity index (χ3v) is 3.00. The minimum Gasteiger partial charge on any atom is -0.462 e. The number of hydrogen-bond acceptors (Lipinski definition) is 5. The van der Waals surface area contributed by atoms with Gasteiger partial charge in [-0.25, -0.2) is 4.79 Å². The number of aromatic nitrogens is 1. The minimum absolute atomic E-state index is 0.218. The van der Waals surface area contributed by atoms with E-state index in [4.69, 9.17) is 14.2 Å². The van der Waals surface area contributed by atoms with Gasteiger partial charge in [-0.3, -0.25) is 4.98 Å². The Kier molecular flexibility index (Phi) is 2.74. The van der Waals surface area contributed by atoms with Crippen LogP contribution in [0.1, 0.15) is 23.0 Å². The van der Waals surface area contributed by atoms with E-state index in [1.165, 1.54) is 0 Å². The SMILES string of the molecule is CCOC(=O)c1cc2cc3c(cc2nc1C)OCO3. The maximum Gasteiger partial charge on any atom is 0.339 e. The van der Waals surface area contributed by atoms with E-state index in [-0.39, 0.29) is 12.8 Å². The first-order chi connectivity index (χ1) is 9.19. The Labute approximate surface area is 110 Å². The molecule has 1 aromatic heterocycles. The zero-order valence-corrected chi connectivity index (χ0v) is 10.7. The number of carbonyl (C=O) groups excluding carboxylic acids is 1. The second-order valence-electron chi connectivity index (χ2n) is 4.24. The van der Waals surface area contributed by atoms with Gasteiger partial charge in [-0.2, -0.15) is 0 Å². The molecule has 19 heavy (non-hydrogen) atoms. The molecule has 0 saturated carbocycles. The number of ether oxygens (including phenoxy) is 3. The summed E-state index contributed by atoms with van der Waals surface area (Å²) >= 11 is 0. The summed E-state index contributed by atoms with van der Waals surface area (Å²) in [5.41, 5.74) is 1.90. The molecule has 2 heterocycles. The zero-order chi connectivity index (χ0) is 13.4. The van der Waals surface area contributed by atoms with Crippen molar-refractivity contribution >= 4 is 16.9 Å². The Hall–Kier alpha value is -2.30. The first-order valence-corrected chi connectivity index (χ1v) is 6.07. The lowest BCUT2D eigenvalue weighted by Crippen LogP contribution is -2.07. The van der Waals surface area contributed by atoms with Crippen LogP contribution in [0.15, 0.2) is 18.2 Å². The van der Waals surface area contributed by atoms with E-state index >= 15 is 0 Å². The van der Waals surface area contributed by atoms with E-state index in [9.17, 15) is 4.79 Å². The van der Waals surface area contributed by atoms with Crippen LogP contribution in [-0.4, -0.2) is 24.4 Å². The fraction of sp³-hybridized carbons (Fsp3) is 0.286. The molecule has 0 atom stereocenters. The van der Waals surface area contributed by atoms with Gasteiger partial charge in [-0.05, 0) is 26.0 Å². The highest BCUT2D eigenvalue weighted by Crippen LogP contribution is 2.35. The van der Waals surface area contributed by atoms with Crippen LogP contribution in [0.2, 0.25) is 0 Å². The van der Waals surface area contributed by atoms with Crippen LogP contribution in [0.25, 0.3) is 10.9 Å². The van der Waals surface area contributed by atoms with Gasteiger partial charge in [0.25, 0.3) is 0 Å². The first-order valence-electron chi connectivity index (χ1n) is 6.07. The molecule has 0 N–H and O–H groups in total. The van der Waals surface area contributed by atoms with Gasteiger partial charge in [0.1, 0.15) is 0 Å². The predicted molar refractivity (Wildman–Crippen MR) is 68.6 cm³/mol. The van der Waals surface area contributed by atoms with Crippen molar-refractivity contribution in [1.29, 1.82) is 0 Å². The highest BCUT2D eigenvalue weighted by Gasteiger charge is 2.17. The van der Waals surface area contributed by atoms with Gasteiger partial charge in [0.2, 0.25) is 6.79 Å². The molecule has 1 aliphatic heterocycles. The van der Waals surface area contributed by atoms with Crippen molar-refractivity contribution in [2.24, 2.45) is 0 Å². The van der Waals surface area contributed by atoms with E-state index in [1.54, 1.807) is 19.9 Å². The summed E-state index contributed by atoms with van der Waals surface area (Å²) in [6, 6.07) is 5.42. The van der Waals surface area contributed by atoms with Crippen molar-refractivity contribution in [2.45, 2.75) is 13.8 Å². The fourth-order valence-electron chi connectivity index (χ4n) is 2.08.